The van der Waals surface area contributed by atoms with Crippen molar-refractivity contribution in [1.82, 2.24) is 4.98 Å². The lowest BCUT2D eigenvalue weighted by Crippen LogP contribution is -2.13. The summed E-state index contributed by atoms with van der Waals surface area (Å²) in [5, 5.41) is 0. The van der Waals surface area contributed by atoms with Crippen molar-refractivity contribution in [1.29, 1.82) is 0 Å². The summed E-state index contributed by atoms with van der Waals surface area (Å²) < 4.78 is 5.22. The van der Waals surface area contributed by atoms with Gasteiger partial charge < -0.3 is 10.5 Å². The van der Waals surface area contributed by atoms with Gasteiger partial charge in [0.05, 0.1) is 13.2 Å². The average molecular weight is 228 g/mol. The van der Waals surface area contributed by atoms with Crippen LogP contribution in [-0.4, -0.2) is 12.1 Å². The molecule has 1 heterocycles. The molecule has 1 aromatic heterocycles. The van der Waals surface area contributed by atoms with E-state index in [2.05, 4.69) is 24.0 Å². The van der Waals surface area contributed by atoms with E-state index >= 15 is 0 Å². The lowest BCUT2D eigenvalue weighted by atomic mass is 10.00. The Balaban J connectivity index is 2.36. The molecule has 0 aliphatic carbocycles. The van der Waals surface area contributed by atoms with Crippen LogP contribution in [0.5, 0.6) is 5.88 Å². The van der Waals surface area contributed by atoms with Crippen LogP contribution < -0.4 is 10.5 Å². The van der Waals surface area contributed by atoms with Crippen molar-refractivity contribution in [3.05, 3.63) is 59.3 Å². The molecule has 2 N–H and O–H groups in total. The van der Waals surface area contributed by atoms with E-state index in [1.807, 2.05) is 24.3 Å². The van der Waals surface area contributed by atoms with E-state index in [0.29, 0.717) is 5.88 Å². The predicted molar refractivity (Wildman–Crippen MR) is 68.0 cm³/mol. The van der Waals surface area contributed by atoms with Gasteiger partial charge >= 0.3 is 0 Å². The van der Waals surface area contributed by atoms with Crippen molar-refractivity contribution in [2.75, 3.05) is 7.11 Å². The van der Waals surface area contributed by atoms with Gasteiger partial charge in [-0.25, -0.2) is 4.98 Å². The molecule has 3 nitrogen and oxygen atoms in total. The summed E-state index contributed by atoms with van der Waals surface area (Å²) in [5.74, 6) is 0.584. The van der Waals surface area contributed by atoms with Crippen LogP contribution in [0.2, 0.25) is 0 Å². The second kappa shape index (κ2) is 4.97. The Labute approximate surface area is 101 Å². The zero-order chi connectivity index (χ0) is 12.3. The van der Waals surface area contributed by atoms with Crippen LogP contribution in [0.25, 0.3) is 0 Å². The Hall–Kier alpha value is -1.87. The normalized spacial score (nSPS) is 12.2. The number of pyridine rings is 1. The summed E-state index contributed by atoms with van der Waals surface area (Å²) in [6.07, 6.45) is 1.70. The van der Waals surface area contributed by atoms with Gasteiger partial charge in [-0.15, -0.1) is 0 Å². The van der Waals surface area contributed by atoms with Gasteiger partial charge in [0, 0.05) is 11.8 Å². The number of hydrogen-bond acceptors (Lipinski definition) is 3. The first-order valence-electron chi connectivity index (χ1n) is 5.53. The minimum absolute atomic E-state index is 0.209. The number of hydrogen-bond donors (Lipinski definition) is 1. The monoisotopic (exact) mass is 228 g/mol. The SMILES string of the molecule is COc1ncccc1C(N)c1ccc(C)cc1. The molecule has 0 saturated carbocycles. The Morgan fingerprint density at radius 3 is 2.53 bits per heavy atom. The fraction of sp³-hybridized carbons (Fsp3) is 0.214. The topological polar surface area (TPSA) is 48.1 Å². The van der Waals surface area contributed by atoms with Crippen molar-refractivity contribution in [3.8, 4) is 5.88 Å². The number of ether oxygens (including phenoxy) is 1. The number of benzene rings is 1. The molecule has 1 unspecified atom stereocenters. The van der Waals surface area contributed by atoms with E-state index in [9.17, 15) is 0 Å². The van der Waals surface area contributed by atoms with Gasteiger partial charge in [-0.3, -0.25) is 0 Å². The summed E-state index contributed by atoms with van der Waals surface area (Å²) >= 11 is 0. The molecule has 0 bridgehead atoms. The van der Waals surface area contributed by atoms with E-state index < -0.39 is 0 Å². The zero-order valence-electron chi connectivity index (χ0n) is 10.1. The van der Waals surface area contributed by atoms with Gasteiger partial charge in [0.2, 0.25) is 5.88 Å². The summed E-state index contributed by atoms with van der Waals surface area (Å²) in [6.45, 7) is 2.06. The first-order chi connectivity index (χ1) is 8.22. The van der Waals surface area contributed by atoms with Gasteiger partial charge in [-0.2, -0.15) is 0 Å². The Morgan fingerprint density at radius 1 is 1.18 bits per heavy atom. The third-order valence-corrected chi connectivity index (χ3v) is 2.77. The highest BCUT2D eigenvalue weighted by Gasteiger charge is 2.14. The summed E-state index contributed by atoms with van der Waals surface area (Å²) in [4.78, 5) is 4.16. The maximum absolute atomic E-state index is 6.22. The van der Waals surface area contributed by atoms with Crippen LogP contribution in [-0.2, 0) is 0 Å². The molecule has 2 aromatic rings. The van der Waals surface area contributed by atoms with Crippen molar-refractivity contribution in [2.45, 2.75) is 13.0 Å². The molecule has 0 amide bonds. The maximum atomic E-state index is 6.22. The number of nitrogens with two attached hydrogens (primary N) is 1. The minimum atomic E-state index is -0.209. The van der Waals surface area contributed by atoms with Crippen LogP contribution in [0.3, 0.4) is 0 Å². The van der Waals surface area contributed by atoms with Gasteiger partial charge in [0.25, 0.3) is 0 Å². The molecule has 17 heavy (non-hydrogen) atoms. The predicted octanol–water partition coefficient (Wildman–Crippen LogP) is 2.45. The van der Waals surface area contributed by atoms with Crippen molar-refractivity contribution in [2.24, 2.45) is 5.73 Å². The molecule has 1 atom stereocenters. The molecule has 0 fully saturated rings. The fourth-order valence-corrected chi connectivity index (χ4v) is 1.76. The van der Waals surface area contributed by atoms with Crippen LogP contribution in [0.4, 0.5) is 0 Å². The molecule has 2 rings (SSSR count). The first-order valence-corrected chi connectivity index (χ1v) is 5.53. The molecule has 0 aliphatic rings. The highest BCUT2D eigenvalue weighted by atomic mass is 16.5. The molecule has 0 radical (unpaired) electrons. The van der Waals surface area contributed by atoms with Gasteiger partial charge in [-0.05, 0) is 18.6 Å². The lowest BCUT2D eigenvalue weighted by molar-refractivity contribution is 0.390. The largest absolute Gasteiger partial charge is 0.481 e. The number of rotatable bonds is 3. The molecule has 1 aromatic carbocycles. The summed E-state index contributed by atoms with van der Waals surface area (Å²) in [7, 11) is 1.60. The Kier molecular flexibility index (Phi) is 3.40. The average Bonchev–Trinajstić information content (AvgIpc) is 2.39. The zero-order valence-corrected chi connectivity index (χ0v) is 10.1. The van der Waals surface area contributed by atoms with Gasteiger partial charge in [0.15, 0.2) is 0 Å². The minimum Gasteiger partial charge on any atom is -0.481 e. The van der Waals surface area contributed by atoms with E-state index in [1.54, 1.807) is 13.3 Å². The Bertz CT molecular complexity index is 494. The number of aromatic nitrogens is 1. The first kappa shape index (κ1) is 11.6. The van der Waals surface area contributed by atoms with Crippen LogP contribution in [0.1, 0.15) is 22.7 Å². The van der Waals surface area contributed by atoms with Crippen molar-refractivity contribution in [3.63, 3.8) is 0 Å². The summed E-state index contributed by atoms with van der Waals surface area (Å²) in [5.41, 5.74) is 9.40. The standard InChI is InChI=1S/C14H16N2O/c1-10-5-7-11(8-6-10)13(15)12-4-3-9-16-14(12)17-2/h3-9,13H,15H2,1-2H3. The van der Waals surface area contributed by atoms with Crippen molar-refractivity contribution < 1.29 is 4.74 Å². The molecule has 0 spiro atoms. The second-order valence-electron chi connectivity index (χ2n) is 3.99. The lowest BCUT2D eigenvalue weighted by Gasteiger charge is -2.15. The smallest absolute Gasteiger partial charge is 0.218 e. The highest BCUT2D eigenvalue weighted by Crippen LogP contribution is 2.26. The van der Waals surface area contributed by atoms with E-state index in [0.717, 1.165) is 11.1 Å². The number of methoxy groups -OCH3 is 1. The fourth-order valence-electron chi connectivity index (χ4n) is 1.76. The van der Waals surface area contributed by atoms with Crippen LogP contribution in [0.15, 0.2) is 42.6 Å². The van der Waals surface area contributed by atoms with Crippen LogP contribution >= 0.6 is 0 Å². The number of aryl methyl sites for hydroxylation is 1. The summed E-state index contributed by atoms with van der Waals surface area (Å²) in [6, 6.07) is 11.8. The third kappa shape index (κ3) is 2.45. The number of nitrogens with zero attached hydrogens (tertiary/aromatic N) is 1. The molecule has 0 saturated heterocycles. The molecule has 88 valence electrons. The van der Waals surface area contributed by atoms with E-state index in [1.165, 1.54) is 5.56 Å². The molecular weight excluding hydrogens is 212 g/mol. The van der Waals surface area contributed by atoms with Gasteiger partial charge in [-0.1, -0.05) is 35.9 Å². The second-order valence-corrected chi connectivity index (χ2v) is 3.99. The maximum Gasteiger partial charge on any atom is 0.218 e. The van der Waals surface area contributed by atoms with E-state index in [-0.39, 0.29) is 6.04 Å². The molecule has 0 aliphatic heterocycles. The molecule has 3 heteroatoms. The van der Waals surface area contributed by atoms with Crippen molar-refractivity contribution >= 4 is 0 Å². The third-order valence-electron chi connectivity index (χ3n) is 2.77. The highest BCUT2D eigenvalue weighted by molar-refractivity contribution is 5.37. The van der Waals surface area contributed by atoms with Gasteiger partial charge in [0.1, 0.15) is 0 Å². The quantitative estimate of drug-likeness (QED) is 0.877. The molecular formula is C14H16N2O. The van der Waals surface area contributed by atoms with E-state index in [4.69, 9.17) is 10.5 Å². The Morgan fingerprint density at radius 2 is 1.88 bits per heavy atom. The van der Waals surface area contributed by atoms with Crippen LogP contribution in [0, 0.1) is 6.92 Å².